The van der Waals surface area contributed by atoms with Crippen LogP contribution in [0.15, 0.2) is 71.6 Å². The Bertz CT molecular complexity index is 1330. The van der Waals surface area contributed by atoms with Gasteiger partial charge in [0, 0.05) is 17.8 Å². The number of rotatable bonds is 6. The molecule has 7 nitrogen and oxygen atoms in total. The van der Waals surface area contributed by atoms with Gasteiger partial charge < -0.3 is 14.8 Å². The maximum atomic E-state index is 13.3. The van der Waals surface area contributed by atoms with Crippen molar-refractivity contribution in [2.75, 3.05) is 12.1 Å². The van der Waals surface area contributed by atoms with Crippen LogP contribution in [0.1, 0.15) is 45.1 Å². The smallest absolute Gasteiger partial charge is 0.235 e. The first-order valence-corrected chi connectivity index (χ1v) is 14.3. The van der Waals surface area contributed by atoms with Crippen LogP contribution in [-0.2, 0) is 10.2 Å². The van der Waals surface area contributed by atoms with Gasteiger partial charge in [-0.05, 0) is 92.6 Å². The Balaban J connectivity index is 1.19. The molecule has 2 atom stereocenters. The minimum atomic E-state index is -3.04. The number of fused-ring (bicyclic) bond motifs is 1. The fraction of sp³-hybridized carbons (Fsp3) is 0.345. The number of benzene rings is 3. The summed E-state index contributed by atoms with van der Waals surface area (Å²) in [5.41, 5.74) is 3.01. The molecule has 1 saturated heterocycles. The minimum absolute atomic E-state index is 0.0262. The van der Waals surface area contributed by atoms with Crippen LogP contribution in [-0.4, -0.2) is 38.2 Å². The molecule has 3 aromatic rings. The Labute approximate surface area is 218 Å². The van der Waals surface area contributed by atoms with E-state index in [4.69, 9.17) is 9.47 Å². The number of nitrogens with one attached hydrogen (secondary N) is 1. The van der Waals surface area contributed by atoms with Crippen molar-refractivity contribution < 1.29 is 23.4 Å². The summed E-state index contributed by atoms with van der Waals surface area (Å²) in [7, 11) is -3.04. The van der Waals surface area contributed by atoms with E-state index in [9.17, 15) is 13.9 Å². The average molecular weight is 521 g/mol. The molecule has 2 unspecified atom stereocenters. The number of ether oxygens (including phenoxy) is 2. The summed E-state index contributed by atoms with van der Waals surface area (Å²) in [6.45, 7) is 4.30. The van der Waals surface area contributed by atoms with Crippen LogP contribution in [0.3, 0.4) is 0 Å². The Morgan fingerprint density at radius 2 is 1.62 bits per heavy atom. The van der Waals surface area contributed by atoms with E-state index in [1.165, 1.54) is 0 Å². The topological polar surface area (TPSA) is 91.3 Å². The second-order valence-electron chi connectivity index (χ2n) is 10.4. The Hall–Kier alpha value is -3.04. The van der Waals surface area contributed by atoms with Gasteiger partial charge in [-0.2, -0.15) is 4.31 Å². The number of carbonyl (C=O) groups excluding carboxylic acids is 1. The largest absolute Gasteiger partial charge is 0.454 e. The number of nitrogens with zero attached hydrogens (tertiary/aromatic N) is 1. The third-order valence-electron chi connectivity index (χ3n) is 7.90. The predicted molar refractivity (Wildman–Crippen MR) is 145 cm³/mol. The maximum Gasteiger partial charge on any atom is 0.235 e. The fourth-order valence-electron chi connectivity index (χ4n) is 5.62. The number of carbonyl (C=O) groups is 1. The summed E-state index contributed by atoms with van der Waals surface area (Å²) in [5.74, 6) is 1.37. The van der Waals surface area contributed by atoms with Crippen LogP contribution in [0.4, 0.5) is 5.69 Å². The molecule has 3 aliphatic rings. The third kappa shape index (κ3) is 4.28. The Morgan fingerprint density at radius 1 is 0.919 bits per heavy atom. The zero-order valence-electron chi connectivity index (χ0n) is 21.0. The van der Waals surface area contributed by atoms with E-state index in [1.54, 1.807) is 12.1 Å². The van der Waals surface area contributed by atoms with E-state index in [1.807, 2.05) is 72.7 Å². The molecule has 1 aliphatic carbocycles. The molecular weight excluding hydrogens is 488 g/mol. The number of amides is 1. The summed E-state index contributed by atoms with van der Waals surface area (Å²) in [6.07, 6.45) is 3.51. The zero-order valence-corrected chi connectivity index (χ0v) is 21.8. The zero-order chi connectivity index (χ0) is 25.8. The van der Waals surface area contributed by atoms with E-state index >= 15 is 0 Å². The minimum Gasteiger partial charge on any atom is -0.454 e. The molecule has 0 spiro atoms. The van der Waals surface area contributed by atoms with Crippen LogP contribution in [0.25, 0.3) is 11.1 Å². The lowest BCUT2D eigenvalue weighted by molar-refractivity contribution is -0.118. The SMILES string of the molecule is CC1CCC(C)N1S(O)(O)c1ccc(-c2cccc(NC(=O)C3(c4ccc5c(c4)OCO5)CC3)c2)cc1. The van der Waals surface area contributed by atoms with Gasteiger partial charge in [0.25, 0.3) is 0 Å². The second-order valence-corrected chi connectivity index (χ2v) is 12.3. The highest BCUT2D eigenvalue weighted by Gasteiger charge is 2.51. The quantitative estimate of drug-likeness (QED) is 0.337. The van der Waals surface area contributed by atoms with Gasteiger partial charge in [0.05, 0.1) is 10.3 Å². The highest BCUT2D eigenvalue weighted by Crippen LogP contribution is 2.56. The van der Waals surface area contributed by atoms with Crippen molar-refractivity contribution in [2.24, 2.45) is 0 Å². The lowest BCUT2D eigenvalue weighted by Crippen LogP contribution is -2.35. The van der Waals surface area contributed by atoms with Gasteiger partial charge in [-0.1, -0.05) is 30.3 Å². The molecule has 3 aromatic carbocycles. The van der Waals surface area contributed by atoms with Crippen molar-refractivity contribution in [1.82, 2.24) is 4.31 Å². The van der Waals surface area contributed by atoms with Crippen molar-refractivity contribution in [3.63, 3.8) is 0 Å². The lowest BCUT2D eigenvalue weighted by Gasteiger charge is -2.45. The van der Waals surface area contributed by atoms with Gasteiger partial charge in [0.1, 0.15) is 0 Å². The van der Waals surface area contributed by atoms with Crippen LogP contribution in [0.2, 0.25) is 0 Å². The van der Waals surface area contributed by atoms with Gasteiger partial charge in [-0.3, -0.25) is 13.9 Å². The molecule has 2 heterocycles. The van der Waals surface area contributed by atoms with E-state index in [-0.39, 0.29) is 24.8 Å². The van der Waals surface area contributed by atoms with Crippen LogP contribution in [0.5, 0.6) is 11.5 Å². The van der Waals surface area contributed by atoms with E-state index in [2.05, 4.69) is 5.32 Å². The first kappa shape index (κ1) is 24.3. The second kappa shape index (κ2) is 9.06. The normalized spacial score (nSPS) is 22.6. The summed E-state index contributed by atoms with van der Waals surface area (Å²) in [4.78, 5) is 13.9. The summed E-state index contributed by atoms with van der Waals surface area (Å²) < 4.78 is 34.9. The van der Waals surface area contributed by atoms with Crippen LogP contribution in [0, 0.1) is 0 Å². The van der Waals surface area contributed by atoms with Gasteiger partial charge >= 0.3 is 0 Å². The van der Waals surface area contributed by atoms with Gasteiger partial charge in [0.2, 0.25) is 12.7 Å². The molecule has 6 rings (SSSR count). The number of hydrogen-bond acceptors (Lipinski definition) is 6. The monoisotopic (exact) mass is 520 g/mol. The maximum absolute atomic E-state index is 13.3. The molecule has 0 aromatic heterocycles. The number of anilines is 1. The van der Waals surface area contributed by atoms with Crippen molar-refractivity contribution >= 4 is 22.4 Å². The summed E-state index contributed by atoms with van der Waals surface area (Å²) in [6, 6.07) is 21.2. The van der Waals surface area contributed by atoms with E-state index in [0.29, 0.717) is 16.4 Å². The van der Waals surface area contributed by atoms with Crippen molar-refractivity contribution in [3.8, 4) is 22.6 Å². The van der Waals surface area contributed by atoms with Crippen LogP contribution >= 0.6 is 10.8 Å². The molecule has 37 heavy (non-hydrogen) atoms. The fourth-order valence-corrected chi connectivity index (χ4v) is 7.58. The average Bonchev–Trinajstić information content (AvgIpc) is 3.45. The standard InChI is InChI=1S/C29H32N2O5S/c1-19-6-7-20(2)31(19)37(33,34)25-11-8-21(9-12-25)22-4-3-5-24(16-22)30-28(32)29(14-15-29)23-10-13-26-27(17-23)36-18-35-26/h3-5,8-13,16-17,19-20,33-34H,6-7,14-15,18H2,1-2H3,(H,30,32). The molecule has 1 amide bonds. The van der Waals surface area contributed by atoms with Gasteiger partial charge in [-0.25, -0.2) is 0 Å². The first-order chi connectivity index (χ1) is 17.8. The van der Waals surface area contributed by atoms with Crippen molar-refractivity contribution in [2.45, 2.75) is 61.9 Å². The van der Waals surface area contributed by atoms with E-state index < -0.39 is 16.2 Å². The molecule has 1 saturated carbocycles. The Kier molecular flexibility index (Phi) is 5.95. The molecule has 2 fully saturated rings. The predicted octanol–water partition coefficient (Wildman–Crippen LogP) is 6.65. The third-order valence-corrected chi connectivity index (χ3v) is 10.1. The number of hydrogen-bond donors (Lipinski definition) is 3. The molecule has 8 heteroatoms. The van der Waals surface area contributed by atoms with Gasteiger partial charge in [-0.15, -0.1) is 10.8 Å². The highest BCUT2D eigenvalue weighted by molar-refractivity contribution is 8.22. The lowest BCUT2D eigenvalue weighted by atomic mass is 9.94. The summed E-state index contributed by atoms with van der Waals surface area (Å²) in [5, 5.41) is 3.11. The van der Waals surface area contributed by atoms with Crippen molar-refractivity contribution in [3.05, 3.63) is 72.3 Å². The Morgan fingerprint density at radius 3 is 2.32 bits per heavy atom. The summed E-state index contributed by atoms with van der Waals surface area (Å²) >= 11 is 0. The molecule has 3 N–H and O–H groups in total. The molecular formula is C29H32N2O5S. The molecule has 0 bridgehead atoms. The molecule has 2 aliphatic heterocycles. The highest BCUT2D eigenvalue weighted by atomic mass is 32.3. The van der Waals surface area contributed by atoms with Gasteiger partial charge in [0.15, 0.2) is 11.5 Å². The van der Waals surface area contributed by atoms with Crippen molar-refractivity contribution in [1.29, 1.82) is 0 Å². The van der Waals surface area contributed by atoms with E-state index in [0.717, 1.165) is 48.1 Å². The van der Waals surface area contributed by atoms with Crippen LogP contribution < -0.4 is 14.8 Å². The molecule has 194 valence electrons. The molecule has 0 radical (unpaired) electrons. The first-order valence-electron chi connectivity index (χ1n) is 12.8.